The summed E-state index contributed by atoms with van der Waals surface area (Å²) >= 11 is 0. The van der Waals surface area contributed by atoms with Crippen molar-refractivity contribution >= 4 is 6.29 Å². The Bertz CT molecular complexity index is 120. The SMILES string of the molecule is CCCCCC[C@@H]1C[C@@H]1C=O. The molecule has 0 spiro atoms. The zero-order valence-corrected chi connectivity index (χ0v) is 7.38. The Morgan fingerprint density at radius 2 is 2.18 bits per heavy atom. The van der Waals surface area contributed by atoms with E-state index in [1.54, 1.807) is 0 Å². The summed E-state index contributed by atoms with van der Waals surface area (Å²) in [5.74, 6) is 1.21. The van der Waals surface area contributed by atoms with Gasteiger partial charge in [-0.05, 0) is 18.8 Å². The number of carbonyl (C=O) groups excluding carboxylic acids is 1. The summed E-state index contributed by atoms with van der Waals surface area (Å²) in [4.78, 5) is 10.3. The average Bonchev–Trinajstić information content (AvgIpc) is 2.77. The van der Waals surface area contributed by atoms with Gasteiger partial charge in [-0.3, -0.25) is 0 Å². The lowest BCUT2D eigenvalue weighted by molar-refractivity contribution is -0.109. The predicted octanol–water partition coefficient (Wildman–Crippen LogP) is 2.79. The van der Waals surface area contributed by atoms with E-state index in [0.29, 0.717) is 5.92 Å². The van der Waals surface area contributed by atoms with Crippen LogP contribution in [0.2, 0.25) is 0 Å². The minimum absolute atomic E-state index is 0.441. The van der Waals surface area contributed by atoms with E-state index in [1.807, 2.05) is 0 Å². The van der Waals surface area contributed by atoms with Crippen LogP contribution in [0.4, 0.5) is 0 Å². The van der Waals surface area contributed by atoms with Crippen LogP contribution < -0.4 is 0 Å². The normalized spacial score (nSPS) is 28.5. The molecule has 0 saturated heterocycles. The summed E-state index contributed by atoms with van der Waals surface area (Å²) in [7, 11) is 0. The van der Waals surface area contributed by atoms with Crippen LogP contribution in [-0.2, 0) is 4.79 Å². The highest BCUT2D eigenvalue weighted by Gasteiger charge is 2.35. The van der Waals surface area contributed by atoms with Gasteiger partial charge < -0.3 is 4.79 Å². The fourth-order valence-corrected chi connectivity index (χ4v) is 1.60. The molecule has 11 heavy (non-hydrogen) atoms. The topological polar surface area (TPSA) is 17.1 Å². The van der Waals surface area contributed by atoms with E-state index in [2.05, 4.69) is 6.92 Å². The number of rotatable bonds is 6. The molecule has 0 aliphatic heterocycles. The van der Waals surface area contributed by atoms with Gasteiger partial charge in [0, 0.05) is 5.92 Å². The predicted molar refractivity (Wildman–Crippen MR) is 46.4 cm³/mol. The fraction of sp³-hybridized carbons (Fsp3) is 0.900. The zero-order chi connectivity index (χ0) is 8.10. The van der Waals surface area contributed by atoms with E-state index in [9.17, 15) is 4.79 Å². The van der Waals surface area contributed by atoms with Gasteiger partial charge in [-0.15, -0.1) is 0 Å². The standard InChI is InChI=1S/C10H18O/c1-2-3-4-5-6-9-7-10(9)8-11/h8-10H,2-7H2,1H3/t9-,10-/m1/s1. The van der Waals surface area contributed by atoms with Crippen molar-refractivity contribution in [1.82, 2.24) is 0 Å². The van der Waals surface area contributed by atoms with E-state index in [1.165, 1.54) is 38.5 Å². The highest BCUT2D eigenvalue weighted by atomic mass is 16.1. The number of aldehydes is 1. The van der Waals surface area contributed by atoms with E-state index in [4.69, 9.17) is 0 Å². The Morgan fingerprint density at radius 1 is 1.36 bits per heavy atom. The van der Waals surface area contributed by atoms with Crippen molar-refractivity contribution in [2.24, 2.45) is 11.8 Å². The lowest BCUT2D eigenvalue weighted by Gasteiger charge is -1.96. The second kappa shape index (κ2) is 4.53. The van der Waals surface area contributed by atoms with Crippen LogP contribution in [0.15, 0.2) is 0 Å². The molecule has 0 aromatic rings. The summed E-state index contributed by atoms with van der Waals surface area (Å²) in [5.41, 5.74) is 0. The maximum absolute atomic E-state index is 10.3. The van der Waals surface area contributed by atoms with Crippen molar-refractivity contribution in [3.63, 3.8) is 0 Å². The first-order chi connectivity index (χ1) is 5.38. The lowest BCUT2D eigenvalue weighted by atomic mass is 10.1. The minimum Gasteiger partial charge on any atom is -0.303 e. The van der Waals surface area contributed by atoms with Crippen LogP contribution in [0, 0.1) is 11.8 Å². The summed E-state index contributed by atoms with van der Waals surface area (Å²) in [5, 5.41) is 0. The molecule has 1 aliphatic carbocycles. The summed E-state index contributed by atoms with van der Waals surface area (Å²) in [6.45, 7) is 2.23. The van der Waals surface area contributed by atoms with Gasteiger partial charge in [-0.25, -0.2) is 0 Å². The van der Waals surface area contributed by atoms with Gasteiger partial charge in [-0.1, -0.05) is 32.6 Å². The molecule has 0 bridgehead atoms. The second-order valence-corrected chi connectivity index (χ2v) is 3.65. The first-order valence-electron chi connectivity index (χ1n) is 4.83. The summed E-state index contributed by atoms with van der Waals surface area (Å²) < 4.78 is 0. The van der Waals surface area contributed by atoms with Crippen molar-refractivity contribution < 1.29 is 4.79 Å². The van der Waals surface area contributed by atoms with Crippen molar-refractivity contribution in [2.75, 3.05) is 0 Å². The molecule has 64 valence electrons. The monoisotopic (exact) mass is 154 g/mol. The van der Waals surface area contributed by atoms with Gasteiger partial charge >= 0.3 is 0 Å². The highest BCUT2D eigenvalue weighted by molar-refractivity contribution is 5.58. The molecule has 0 amide bonds. The van der Waals surface area contributed by atoms with E-state index < -0.39 is 0 Å². The maximum atomic E-state index is 10.3. The molecule has 0 aromatic carbocycles. The third kappa shape index (κ3) is 3.04. The van der Waals surface area contributed by atoms with E-state index in [-0.39, 0.29) is 0 Å². The van der Waals surface area contributed by atoms with Crippen LogP contribution in [0.5, 0.6) is 0 Å². The Balaban J connectivity index is 1.85. The highest BCUT2D eigenvalue weighted by Crippen LogP contribution is 2.40. The van der Waals surface area contributed by atoms with Gasteiger partial charge in [0.25, 0.3) is 0 Å². The third-order valence-electron chi connectivity index (χ3n) is 2.58. The van der Waals surface area contributed by atoms with Gasteiger partial charge in [-0.2, -0.15) is 0 Å². The third-order valence-corrected chi connectivity index (χ3v) is 2.58. The molecule has 2 atom stereocenters. The molecule has 1 fully saturated rings. The van der Waals surface area contributed by atoms with Crippen LogP contribution >= 0.6 is 0 Å². The number of hydrogen-bond acceptors (Lipinski definition) is 1. The summed E-state index contributed by atoms with van der Waals surface area (Å²) in [6, 6.07) is 0. The smallest absolute Gasteiger partial charge is 0.123 e. The van der Waals surface area contributed by atoms with Crippen molar-refractivity contribution in [3.8, 4) is 0 Å². The van der Waals surface area contributed by atoms with Crippen molar-refractivity contribution in [3.05, 3.63) is 0 Å². The number of hydrogen-bond donors (Lipinski definition) is 0. The Morgan fingerprint density at radius 3 is 2.73 bits per heavy atom. The second-order valence-electron chi connectivity index (χ2n) is 3.65. The molecule has 1 heteroatoms. The number of unbranched alkanes of at least 4 members (excludes halogenated alkanes) is 3. The lowest BCUT2D eigenvalue weighted by Crippen LogP contribution is -1.84. The average molecular weight is 154 g/mol. The van der Waals surface area contributed by atoms with Crippen LogP contribution in [0.1, 0.15) is 45.4 Å². The summed E-state index contributed by atoms with van der Waals surface area (Å²) in [6.07, 6.45) is 8.96. The molecular formula is C10H18O. The van der Waals surface area contributed by atoms with Gasteiger partial charge in [0.15, 0.2) is 0 Å². The maximum Gasteiger partial charge on any atom is 0.123 e. The minimum atomic E-state index is 0.441. The molecule has 0 radical (unpaired) electrons. The quantitative estimate of drug-likeness (QED) is 0.424. The molecular weight excluding hydrogens is 136 g/mol. The van der Waals surface area contributed by atoms with E-state index in [0.717, 1.165) is 12.2 Å². The van der Waals surface area contributed by atoms with Gasteiger partial charge in [0.1, 0.15) is 6.29 Å². The molecule has 1 saturated carbocycles. The number of carbonyl (C=O) groups is 1. The molecule has 1 nitrogen and oxygen atoms in total. The molecule has 0 N–H and O–H groups in total. The largest absolute Gasteiger partial charge is 0.303 e. The zero-order valence-electron chi connectivity index (χ0n) is 7.38. The molecule has 1 aliphatic rings. The molecule has 0 heterocycles. The van der Waals surface area contributed by atoms with Crippen LogP contribution in [0.25, 0.3) is 0 Å². The van der Waals surface area contributed by atoms with Crippen LogP contribution in [-0.4, -0.2) is 6.29 Å². The fourth-order valence-electron chi connectivity index (χ4n) is 1.60. The Labute approximate surface area is 69.2 Å². The van der Waals surface area contributed by atoms with Crippen molar-refractivity contribution in [2.45, 2.75) is 45.4 Å². The molecule has 0 unspecified atom stereocenters. The first-order valence-corrected chi connectivity index (χ1v) is 4.83. The Kier molecular flexibility index (Phi) is 3.61. The van der Waals surface area contributed by atoms with E-state index >= 15 is 0 Å². The van der Waals surface area contributed by atoms with Gasteiger partial charge in [0.05, 0.1) is 0 Å². The van der Waals surface area contributed by atoms with Crippen molar-refractivity contribution in [1.29, 1.82) is 0 Å². The first kappa shape index (κ1) is 8.76. The molecule has 0 aromatic heterocycles. The van der Waals surface area contributed by atoms with Crippen LogP contribution in [0.3, 0.4) is 0 Å². The van der Waals surface area contributed by atoms with Gasteiger partial charge in [0.2, 0.25) is 0 Å². The molecule has 1 rings (SSSR count). The Hall–Kier alpha value is -0.330.